The van der Waals surface area contributed by atoms with Gasteiger partial charge >= 0.3 is 23.9 Å². The Morgan fingerprint density at radius 1 is 0.750 bits per heavy atom. The minimum absolute atomic E-state index is 1.52. The minimum Gasteiger partial charge on any atom is -0.598 e. The Kier molecular flexibility index (Phi) is 6.74. The molecule has 2 atom stereocenters. The largest absolute Gasteiger partial charge is 0.598 e. The van der Waals surface area contributed by atoms with Crippen LogP contribution in [0.1, 0.15) is 12.8 Å². The number of nitrogens with zero attached hydrogens (tertiary/aromatic N) is 2. The third-order valence-corrected chi connectivity index (χ3v) is 2.98. The van der Waals surface area contributed by atoms with E-state index in [0.717, 1.165) is 0 Å². The second-order valence-corrected chi connectivity index (χ2v) is 5.18. The molecule has 0 saturated heterocycles. The van der Waals surface area contributed by atoms with Crippen molar-refractivity contribution in [2.45, 2.75) is 18.4 Å². The molecule has 0 aliphatic rings. The minimum atomic E-state index is -3.05. The topological polar surface area (TPSA) is 236 Å². The van der Waals surface area contributed by atoms with Crippen LogP contribution in [0.3, 0.4) is 0 Å². The van der Waals surface area contributed by atoms with Gasteiger partial charge in [0.25, 0.3) is 0 Å². The van der Waals surface area contributed by atoms with Gasteiger partial charge in [-0.05, 0) is 0 Å². The van der Waals surface area contributed by atoms with Crippen molar-refractivity contribution in [2.75, 3.05) is 19.6 Å². The predicted molar refractivity (Wildman–Crippen MR) is 67.9 cm³/mol. The first-order chi connectivity index (χ1) is 10.6. The van der Waals surface area contributed by atoms with Crippen molar-refractivity contribution < 1.29 is 59.6 Å². The van der Waals surface area contributed by atoms with Gasteiger partial charge in [-0.3, -0.25) is 9.59 Å². The first-order valence-electron chi connectivity index (χ1n) is 6.12. The van der Waals surface area contributed by atoms with Crippen molar-refractivity contribution in [2.24, 2.45) is 0 Å². The first kappa shape index (κ1) is 21.6. The van der Waals surface area contributed by atoms with Crippen LogP contribution in [-0.2, 0) is 19.2 Å². The molecule has 0 aliphatic heterocycles. The molecule has 2 unspecified atom stereocenters. The molecule has 0 bridgehead atoms. The molecule has 0 saturated carbocycles. The summed E-state index contributed by atoms with van der Waals surface area (Å²) in [7, 11) is 0. The van der Waals surface area contributed by atoms with Gasteiger partial charge in [-0.25, -0.2) is 24.8 Å². The van der Waals surface area contributed by atoms with Crippen LogP contribution in [0.25, 0.3) is 0 Å². The Labute approximate surface area is 133 Å². The summed E-state index contributed by atoms with van der Waals surface area (Å²) >= 11 is 0. The van der Waals surface area contributed by atoms with Crippen molar-refractivity contribution >= 4 is 23.9 Å². The summed E-state index contributed by atoms with van der Waals surface area (Å²) < 4.78 is 0. The highest BCUT2D eigenvalue weighted by Crippen LogP contribution is 2.32. The Morgan fingerprint density at radius 2 is 1.12 bits per heavy atom. The number of rotatable bonds is 11. The molecule has 6 N–H and O–H groups in total. The Balaban J connectivity index is 6.08. The van der Waals surface area contributed by atoms with E-state index < -0.39 is 71.5 Å². The van der Waals surface area contributed by atoms with E-state index in [-0.39, 0.29) is 0 Å². The lowest BCUT2D eigenvalue weighted by atomic mass is 9.89. The van der Waals surface area contributed by atoms with Crippen molar-refractivity contribution in [3.63, 3.8) is 0 Å². The van der Waals surface area contributed by atoms with Crippen LogP contribution in [0.2, 0.25) is 0 Å². The van der Waals surface area contributed by atoms with Gasteiger partial charge in [0.2, 0.25) is 18.6 Å². The molecular formula is C10H16N2O12. The average Bonchev–Trinajstić information content (AvgIpc) is 2.20. The fourth-order valence-electron chi connectivity index (χ4n) is 2.17. The maximum Gasteiger partial charge on any atom is 0.362 e. The molecule has 14 nitrogen and oxygen atoms in total. The third kappa shape index (κ3) is 6.41. The number of quaternary nitrogens is 2. The number of carbonyl (C=O) groups is 4. The number of carboxylic acids is 4. The van der Waals surface area contributed by atoms with E-state index in [0.29, 0.717) is 0 Å². The summed E-state index contributed by atoms with van der Waals surface area (Å²) in [5.74, 6) is -7.59. The number of carboxylic acid groups (broad SMARTS) is 4. The van der Waals surface area contributed by atoms with E-state index in [4.69, 9.17) is 20.4 Å². The van der Waals surface area contributed by atoms with Crippen LogP contribution in [0.4, 0.5) is 0 Å². The van der Waals surface area contributed by atoms with Gasteiger partial charge in [0.1, 0.15) is 12.8 Å². The highest BCUT2D eigenvalue weighted by atomic mass is 16.9. The maximum absolute atomic E-state index is 12.1. The van der Waals surface area contributed by atoms with E-state index in [1.54, 1.807) is 0 Å². The van der Waals surface area contributed by atoms with E-state index in [2.05, 4.69) is 0 Å². The van der Waals surface area contributed by atoms with E-state index in [1.165, 1.54) is 0 Å². The van der Waals surface area contributed by atoms with Gasteiger partial charge < -0.3 is 30.8 Å². The van der Waals surface area contributed by atoms with Crippen molar-refractivity contribution in [3.05, 3.63) is 10.4 Å². The number of aliphatic carboxylic acids is 4. The van der Waals surface area contributed by atoms with E-state index in [1.807, 2.05) is 0 Å². The summed E-state index contributed by atoms with van der Waals surface area (Å²) in [5.41, 5.74) is -3.05. The van der Waals surface area contributed by atoms with Crippen LogP contribution >= 0.6 is 0 Å². The fourth-order valence-corrected chi connectivity index (χ4v) is 2.17. The lowest BCUT2D eigenvalue weighted by Crippen LogP contribution is -2.69. The van der Waals surface area contributed by atoms with Gasteiger partial charge in [0, 0.05) is 0 Å². The predicted octanol–water partition coefficient (Wildman–Crippen LogP) is -1.75. The van der Waals surface area contributed by atoms with Crippen LogP contribution < -0.4 is 0 Å². The molecule has 0 radical (unpaired) electrons. The smallest absolute Gasteiger partial charge is 0.362 e. The van der Waals surface area contributed by atoms with E-state index >= 15 is 0 Å². The molecule has 0 aromatic carbocycles. The molecule has 0 amide bonds. The zero-order valence-corrected chi connectivity index (χ0v) is 12.1. The molecule has 0 rings (SSSR count). The van der Waals surface area contributed by atoms with Gasteiger partial charge in [-0.1, -0.05) is 0 Å². The Hall–Kier alpha value is -2.36. The fraction of sp³-hybridized carbons (Fsp3) is 0.600. The summed E-state index contributed by atoms with van der Waals surface area (Å²) in [6.45, 7) is -5.03. The average molecular weight is 356 g/mol. The zero-order valence-electron chi connectivity index (χ0n) is 12.1. The van der Waals surface area contributed by atoms with Gasteiger partial charge in [0.15, 0.2) is 6.54 Å². The molecule has 0 spiro atoms. The van der Waals surface area contributed by atoms with Crippen molar-refractivity contribution in [3.8, 4) is 0 Å². The second-order valence-electron chi connectivity index (χ2n) is 5.18. The van der Waals surface area contributed by atoms with Crippen molar-refractivity contribution in [1.82, 2.24) is 0 Å². The lowest BCUT2D eigenvalue weighted by molar-refractivity contribution is -1.13. The van der Waals surface area contributed by atoms with Gasteiger partial charge in [0.05, 0.1) is 0 Å². The van der Waals surface area contributed by atoms with Crippen LogP contribution in [0.5, 0.6) is 0 Å². The van der Waals surface area contributed by atoms with Crippen molar-refractivity contribution in [1.29, 1.82) is 0 Å². The number of hydroxylamine groups is 8. The van der Waals surface area contributed by atoms with Gasteiger partial charge in [-0.2, -0.15) is 4.81 Å². The molecule has 0 aromatic heterocycles. The normalized spacial score (nSPS) is 16.7. The maximum atomic E-state index is 12.1. The van der Waals surface area contributed by atoms with Gasteiger partial charge in [-0.15, -0.1) is 0 Å². The Morgan fingerprint density at radius 3 is 1.42 bits per heavy atom. The summed E-state index contributed by atoms with van der Waals surface area (Å²) in [4.78, 5) is 37.2. The quantitative estimate of drug-likeness (QED) is 0.178. The number of hydrogen-bond donors (Lipinski definition) is 6. The molecule has 0 aliphatic carbocycles. The van der Waals surface area contributed by atoms with Crippen LogP contribution in [0, 0.1) is 10.4 Å². The third-order valence-electron chi connectivity index (χ3n) is 2.98. The molecule has 0 fully saturated rings. The SMILES string of the molecule is O=C(O)CC(CC(=O)O)(C[N+]([O-])(O)CC(=O)O)[N+]([O-])(O)CC(=O)O. The highest BCUT2D eigenvalue weighted by molar-refractivity contribution is 5.73. The molecule has 0 heterocycles. The van der Waals surface area contributed by atoms with Crippen LogP contribution in [0.15, 0.2) is 0 Å². The molecule has 138 valence electrons. The summed E-state index contributed by atoms with van der Waals surface area (Å²) in [6, 6.07) is 0. The first-order valence-corrected chi connectivity index (χ1v) is 6.12. The molecular weight excluding hydrogens is 340 g/mol. The highest BCUT2D eigenvalue weighted by Gasteiger charge is 2.55. The lowest BCUT2D eigenvalue weighted by Gasteiger charge is -2.50. The molecule has 24 heavy (non-hydrogen) atoms. The van der Waals surface area contributed by atoms with Crippen LogP contribution in [-0.4, -0.2) is 89.5 Å². The molecule has 14 heteroatoms. The standard InChI is InChI=1S/C10H16N2O12/c13-6(14)1-10(2-7(15)16,12(23,24)4-9(19)20)5-11(21,22)3-8(17)18/h21,23H,1-5H2,(H,13,14)(H,15,16)(H,17,18)(H,19,20). The number of hydrogen-bond acceptors (Lipinski definition) is 8. The second kappa shape index (κ2) is 7.47. The summed E-state index contributed by atoms with van der Waals surface area (Å²) in [6.07, 6.45) is -3.04. The summed E-state index contributed by atoms with van der Waals surface area (Å²) in [5, 5.41) is 77.9. The molecule has 0 aromatic rings. The monoisotopic (exact) mass is 356 g/mol. The van der Waals surface area contributed by atoms with E-state index in [9.17, 15) is 40.0 Å². The Bertz CT molecular complexity index is 512. The zero-order chi connectivity index (χ0) is 19.3.